The van der Waals surface area contributed by atoms with Crippen LogP contribution in [0.5, 0.6) is 0 Å². The summed E-state index contributed by atoms with van der Waals surface area (Å²) in [4.78, 5) is 12.2. The summed E-state index contributed by atoms with van der Waals surface area (Å²) >= 11 is 0. The van der Waals surface area contributed by atoms with Crippen LogP contribution in [0.1, 0.15) is 45.4 Å². The number of ketones is 1. The standard InChI is InChI=1S/C13H22O2/c1-9-3-5-10(6-4-9)12(14)13(15-2)11-7-8-11/h9-11,13H,3-8H2,1-2H3. The normalized spacial score (nSPS) is 33.7. The van der Waals surface area contributed by atoms with Gasteiger partial charge in [-0.2, -0.15) is 0 Å². The predicted molar refractivity (Wildman–Crippen MR) is 59.7 cm³/mol. The fourth-order valence-electron chi connectivity index (χ4n) is 2.72. The zero-order valence-corrected chi connectivity index (χ0v) is 9.87. The summed E-state index contributed by atoms with van der Waals surface area (Å²) in [5.41, 5.74) is 0. The number of carbonyl (C=O) groups is 1. The van der Waals surface area contributed by atoms with Gasteiger partial charge >= 0.3 is 0 Å². The number of carbonyl (C=O) groups excluding carboxylic acids is 1. The van der Waals surface area contributed by atoms with Gasteiger partial charge in [-0.05, 0) is 37.5 Å². The SMILES string of the molecule is COC(C(=O)C1CCC(C)CC1)C1CC1. The van der Waals surface area contributed by atoms with Crippen LogP contribution in [0.2, 0.25) is 0 Å². The summed E-state index contributed by atoms with van der Waals surface area (Å²) < 4.78 is 5.37. The molecule has 0 amide bonds. The third-order valence-corrected chi connectivity index (χ3v) is 4.00. The van der Waals surface area contributed by atoms with Crippen molar-refractivity contribution in [3.8, 4) is 0 Å². The predicted octanol–water partition coefficient (Wildman–Crippen LogP) is 2.81. The van der Waals surface area contributed by atoms with Crippen LogP contribution in [-0.4, -0.2) is 19.0 Å². The summed E-state index contributed by atoms with van der Waals surface area (Å²) in [6.07, 6.45) is 6.91. The van der Waals surface area contributed by atoms with Crippen molar-refractivity contribution in [2.24, 2.45) is 17.8 Å². The Balaban J connectivity index is 1.88. The minimum absolute atomic E-state index is 0.0802. The van der Waals surface area contributed by atoms with Crippen LogP contribution < -0.4 is 0 Å². The van der Waals surface area contributed by atoms with E-state index in [1.54, 1.807) is 7.11 Å². The summed E-state index contributed by atoms with van der Waals surface area (Å²) in [5.74, 6) is 2.05. The molecule has 2 nitrogen and oxygen atoms in total. The van der Waals surface area contributed by atoms with Gasteiger partial charge in [-0.15, -0.1) is 0 Å². The number of Topliss-reactive ketones (excluding diaryl/α,β-unsaturated/α-hetero) is 1. The molecule has 0 bridgehead atoms. The molecule has 0 aliphatic heterocycles. The molecule has 0 saturated heterocycles. The minimum atomic E-state index is -0.0802. The van der Waals surface area contributed by atoms with Gasteiger partial charge in [0.2, 0.25) is 0 Å². The zero-order valence-electron chi connectivity index (χ0n) is 9.87. The molecule has 0 aromatic rings. The molecule has 2 fully saturated rings. The van der Waals surface area contributed by atoms with Crippen molar-refractivity contribution in [2.45, 2.75) is 51.6 Å². The first-order chi connectivity index (χ1) is 7.22. The summed E-state index contributed by atoms with van der Waals surface area (Å²) in [6, 6.07) is 0. The third kappa shape index (κ3) is 2.60. The largest absolute Gasteiger partial charge is 0.373 e. The Kier molecular flexibility index (Phi) is 3.45. The number of hydrogen-bond donors (Lipinski definition) is 0. The molecule has 2 heteroatoms. The van der Waals surface area contributed by atoms with E-state index < -0.39 is 0 Å². The highest BCUT2D eigenvalue weighted by atomic mass is 16.5. The lowest BCUT2D eigenvalue weighted by molar-refractivity contribution is -0.135. The van der Waals surface area contributed by atoms with Crippen molar-refractivity contribution in [1.82, 2.24) is 0 Å². The monoisotopic (exact) mass is 210 g/mol. The van der Waals surface area contributed by atoms with Crippen molar-refractivity contribution >= 4 is 5.78 Å². The highest BCUT2D eigenvalue weighted by molar-refractivity contribution is 5.86. The Morgan fingerprint density at radius 3 is 2.20 bits per heavy atom. The van der Waals surface area contributed by atoms with Crippen LogP contribution in [0.4, 0.5) is 0 Å². The first-order valence-corrected chi connectivity index (χ1v) is 6.29. The van der Waals surface area contributed by atoms with Crippen LogP contribution >= 0.6 is 0 Å². The van der Waals surface area contributed by atoms with Crippen LogP contribution in [0.15, 0.2) is 0 Å². The Morgan fingerprint density at radius 1 is 1.13 bits per heavy atom. The van der Waals surface area contributed by atoms with Crippen LogP contribution in [0.25, 0.3) is 0 Å². The Morgan fingerprint density at radius 2 is 1.73 bits per heavy atom. The molecule has 1 unspecified atom stereocenters. The number of hydrogen-bond acceptors (Lipinski definition) is 2. The molecule has 2 aliphatic rings. The first-order valence-electron chi connectivity index (χ1n) is 6.29. The van der Waals surface area contributed by atoms with Crippen LogP contribution in [0.3, 0.4) is 0 Å². The maximum Gasteiger partial charge on any atom is 0.164 e. The van der Waals surface area contributed by atoms with E-state index in [1.807, 2.05) is 0 Å². The van der Waals surface area contributed by atoms with Gasteiger partial charge in [0.15, 0.2) is 5.78 Å². The highest BCUT2D eigenvalue weighted by Gasteiger charge is 2.39. The van der Waals surface area contributed by atoms with Crippen molar-refractivity contribution < 1.29 is 9.53 Å². The average molecular weight is 210 g/mol. The van der Waals surface area contributed by atoms with Gasteiger partial charge in [0.1, 0.15) is 6.10 Å². The zero-order chi connectivity index (χ0) is 10.8. The van der Waals surface area contributed by atoms with Gasteiger partial charge in [-0.3, -0.25) is 4.79 Å². The van der Waals surface area contributed by atoms with E-state index in [4.69, 9.17) is 4.74 Å². The van der Waals surface area contributed by atoms with Crippen LogP contribution in [-0.2, 0) is 9.53 Å². The molecular weight excluding hydrogens is 188 g/mol. The molecule has 2 saturated carbocycles. The second-order valence-corrected chi connectivity index (χ2v) is 5.35. The number of methoxy groups -OCH3 is 1. The molecule has 0 N–H and O–H groups in total. The van der Waals surface area contributed by atoms with Crippen molar-refractivity contribution in [2.75, 3.05) is 7.11 Å². The Hall–Kier alpha value is -0.370. The molecule has 2 rings (SSSR count). The van der Waals surface area contributed by atoms with Crippen LogP contribution in [0, 0.1) is 17.8 Å². The van der Waals surface area contributed by atoms with E-state index in [9.17, 15) is 4.79 Å². The minimum Gasteiger partial charge on any atom is -0.373 e. The molecule has 0 radical (unpaired) electrons. The molecule has 0 aromatic heterocycles. The highest BCUT2D eigenvalue weighted by Crippen LogP contribution is 2.38. The molecule has 2 aliphatic carbocycles. The van der Waals surface area contributed by atoms with E-state index >= 15 is 0 Å². The van der Waals surface area contributed by atoms with Crippen molar-refractivity contribution in [3.05, 3.63) is 0 Å². The van der Waals surface area contributed by atoms with Gasteiger partial charge in [0, 0.05) is 13.0 Å². The molecule has 1 atom stereocenters. The van der Waals surface area contributed by atoms with Gasteiger partial charge < -0.3 is 4.74 Å². The van der Waals surface area contributed by atoms with Gasteiger partial charge in [-0.1, -0.05) is 19.8 Å². The topological polar surface area (TPSA) is 26.3 Å². The average Bonchev–Trinajstić information content (AvgIpc) is 3.04. The van der Waals surface area contributed by atoms with E-state index in [0.717, 1.165) is 18.8 Å². The maximum absolute atomic E-state index is 12.2. The Bertz CT molecular complexity index is 225. The fourth-order valence-corrected chi connectivity index (χ4v) is 2.72. The molecule has 0 heterocycles. The van der Waals surface area contributed by atoms with Gasteiger partial charge in [0.05, 0.1) is 0 Å². The maximum atomic E-state index is 12.2. The summed E-state index contributed by atoms with van der Waals surface area (Å²) in [7, 11) is 1.69. The third-order valence-electron chi connectivity index (χ3n) is 4.00. The van der Waals surface area contributed by atoms with E-state index in [1.165, 1.54) is 25.7 Å². The molecule has 86 valence electrons. The lowest BCUT2D eigenvalue weighted by Crippen LogP contribution is -2.33. The summed E-state index contributed by atoms with van der Waals surface area (Å²) in [5, 5.41) is 0. The van der Waals surface area contributed by atoms with Gasteiger partial charge in [-0.25, -0.2) is 0 Å². The van der Waals surface area contributed by atoms with Gasteiger partial charge in [0.25, 0.3) is 0 Å². The smallest absolute Gasteiger partial charge is 0.164 e. The molecule has 15 heavy (non-hydrogen) atoms. The molecule has 0 spiro atoms. The van der Waals surface area contributed by atoms with Crippen molar-refractivity contribution in [1.29, 1.82) is 0 Å². The second kappa shape index (κ2) is 4.65. The summed E-state index contributed by atoms with van der Waals surface area (Å²) in [6.45, 7) is 2.29. The number of ether oxygens (including phenoxy) is 1. The lowest BCUT2D eigenvalue weighted by atomic mass is 9.79. The van der Waals surface area contributed by atoms with Crippen molar-refractivity contribution in [3.63, 3.8) is 0 Å². The number of rotatable bonds is 4. The van der Waals surface area contributed by atoms with E-state index in [-0.39, 0.29) is 6.10 Å². The first kappa shape index (κ1) is 11.1. The molecule has 0 aromatic carbocycles. The fraction of sp³-hybridized carbons (Fsp3) is 0.923. The molecular formula is C13H22O2. The quantitative estimate of drug-likeness (QED) is 0.713. The van der Waals surface area contributed by atoms with E-state index in [0.29, 0.717) is 17.6 Å². The Labute approximate surface area is 92.4 Å². The van der Waals surface area contributed by atoms with E-state index in [2.05, 4.69) is 6.92 Å². The second-order valence-electron chi connectivity index (χ2n) is 5.35. The lowest BCUT2D eigenvalue weighted by Gasteiger charge is -2.27.